The van der Waals surface area contributed by atoms with E-state index in [0.29, 0.717) is 11.3 Å². The van der Waals surface area contributed by atoms with E-state index in [1.807, 2.05) is 19.1 Å². The van der Waals surface area contributed by atoms with Gasteiger partial charge in [0.25, 0.3) is 0 Å². The summed E-state index contributed by atoms with van der Waals surface area (Å²) < 4.78 is 2.25. The molecule has 19 heavy (non-hydrogen) atoms. The molecule has 2 heterocycles. The summed E-state index contributed by atoms with van der Waals surface area (Å²) in [7, 11) is 0. The van der Waals surface area contributed by atoms with Crippen LogP contribution in [0, 0.1) is 12.3 Å². The number of hydrogen-bond acceptors (Lipinski definition) is 2. The number of halogens is 1. The zero-order valence-electron chi connectivity index (χ0n) is 11.6. The lowest BCUT2D eigenvalue weighted by Crippen LogP contribution is -2.34. The highest BCUT2D eigenvalue weighted by Gasteiger charge is 2.36. The molecule has 1 aliphatic carbocycles. The predicted molar refractivity (Wildman–Crippen MR) is 78.4 cm³/mol. The Hall–Kier alpha value is -1.09. The predicted octanol–water partition coefficient (Wildman–Crippen LogP) is 4.06. The molecule has 3 nitrogen and oxygen atoms in total. The van der Waals surface area contributed by atoms with Crippen LogP contribution in [0.4, 0.5) is 0 Å². The average Bonchev–Trinajstić information content (AvgIpc) is 2.71. The molecule has 0 amide bonds. The fourth-order valence-electron chi connectivity index (χ4n) is 3.05. The van der Waals surface area contributed by atoms with Crippen molar-refractivity contribution in [3.8, 4) is 0 Å². The monoisotopic (exact) mass is 277 g/mol. The summed E-state index contributed by atoms with van der Waals surface area (Å²) >= 11 is 6.07. The highest BCUT2D eigenvalue weighted by atomic mass is 35.5. The van der Waals surface area contributed by atoms with E-state index in [1.54, 1.807) is 0 Å². The smallest absolute Gasteiger partial charge is 0.160 e. The van der Waals surface area contributed by atoms with Crippen molar-refractivity contribution in [2.24, 2.45) is 5.41 Å². The van der Waals surface area contributed by atoms with E-state index in [0.717, 1.165) is 29.2 Å². The van der Waals surface area contributed by atoms with Gasteiger partial charge in [0, 0.05) is 12.2 Å². The molecule has 2 aromatic heterocycles. The molecule has 3 rings (SSSR count). The average molecular weight is 278 g/mol. The van der Waals surface area contributed by atoms with Gasteiger partial charge in [0.05, 0.1) is 5.88 Å². The maximum absolute atomic E-state index is 6.07. The first-order valence-corrected chi connectivity index (χ1v) is 7.60. The Balaban J connectivity index is 2.07. The van der Waals surface area contributed by atoms with Crippen LogP contribution < -0.4 is 0 Å². The standard InChI is InChI=1S/C15H20ClN3/c1-3-15(7-4-8-15)10-19-13(9-16)18-12-6-5-11(2)17-14(12)19/h5-6H,3-4,7-10H2,1-2H3. The molecule has 0 bridgehead atoms. The van der Waals surface area contributed by atoms with E-state index in [1.165, 1.54) is 25.7 Å². The van der Waals surface area contributed by atoms with Gasteiger partial charge in [-0.05, 0) is 43.7 Å². The minimum atomic E-state index is 0.444. The summed E-state index contributed by atoms with van der Waals surface area (Å²) in [6, 6.07) is 4.06. The number of pyridine rings is 1. The quantitative estimate of drug-likeness (QED) is 0.789. The summed E-state index contributed by atoms with van der Waals surface area (Å²) in [5, 5.41) is 0. The maximum Gasteiger partial charge on any atom is 0.160 e. The van der Waals surface area contributed by atoms with E-state index in [2.05, 4.69) is 21.5 Å². The van der Waals surface area contributed by atoms with Gasteiger partial charge in [0.15, 0.2) is 5.65 Å². The molecule has 0 aromatic carbocycles. The third-order valence-electron chi connectivity index (χ3n) is 4.59. The first kappa shape index (κ1) is 12.9. The Morgan fingerprint density at radius 2 is 2.11 bits per heavy atom. The molecule has 4 heteroatoms. The zero-order valence-corrected chi connectivity index (χ0v) is 12.4. The Morgan fingerprint density at radius 1 is 1.32 bits per heavy atom. The fraction of sp³-hybridized carbons (Fsp3) is 0.600. The lowest BCUT2D eigenvalue weighted by Gasteiger charge is -2.41. The van der Waals surface area contributed by atoms with Crippen molar-refractivity contribution in [3.63, 3.8) is 0 Å². The summed E-state index contributed by atoms with van der Waals surface area (Å²) in [6.07, 6.45) is 5.21. The van der Waals surface area contributed by atoms with Crippen LogP contribution in [-0.4, -0.2) is 14.5 Å². The summed E-state index contributed by atoms with van der Waals surface area (Å²) in [5.74, 6) is 1.41. The van der Waals surface area contributed by atoms with Crippen LogP contribution in [-0.2, 0) is 12.4 Å². The molecule has 0 spiro atoms. The summed E-state index contributed by atoms with van der Waals surface area (Å²) in [5.41, 5.74) is 3.44. The second-order valence-corrected chi connectivity index (χ2v) is 6.02. The zero-order chi connectivity index (χ0) is 13.5. The molecule has 0 N–H and O–H groups in total. The van der Waals surface area contributed by atoms with Gasteiger partial charge in [-0.1, -0.05) is 13.3 Å². The van der Waals surface area contributed by atoms with Crippen LogP contribution in [0.2, 0.25) is 0 Å². The maximum atomic E-state index is 6.07. The van der Waals surface area contributed by atoms with Crippen LogP contribution in [0.1, 0.15) is 44.1 Å². The molecule has 1 saturated carbocycles. The molecule has 1 fully saturated rings. The van der Waals surface area contributed by atoms with Crippen LogP contribution in [0.5, 0.6) is 0 Å². The van der Waals surface area contributed by atoms with E-state index in [-0.39, 0.29) is 0 Å². The normalized spacial score (nSPS) is 17.6. The van der Waals surface area contributed by atoms with E-state index in [9.17, 15) is 0 Å². The van der Waals surface area contributed by atoms with Gasteiger partial charge in [-0.15, -0.1) is 11.6 Å². The van der Waals surface area contributed by atoms with Crippen LogP contribution >= 0.6 is 11.6 Å². The lowest BCUT2D eigenvalue weighted by atomic mass is 9.67. The number of alkyl halides is 1. The molecule has 0 aliphatic heterocycles. The van der Waals surface area contributed by atoms with Gasteiger partial charge < -0.3 is 4.57 Å². The molecular formula is C15H20ClN3. The number of imidazole rings is 1. The topological polar surface area (TPSA) is 30.7 Å². The van der Waals surface area contributed by atoms with Gasteiger partial charge >= 0.3 is 0 Å². The molecule has 0 saturated heterocycles. The van der Waals surface area contributed by atoms with Crippen molar-refractivity contribution in [2.75, 3.05) is 0 Å². The number of hydrogen-bond donors (Lipinski definition) is 0. The van der Waals surface area contributed by atoms with Crippen molar-refractivity contribution >= 4 is 22.8 Å². The Bertz CT molecular complexity index is 593. The molecule has 1 aliphatic rings. The summed E-state index contributed by atoms with van der Waals surface area (Å²) in [4.78, 5) is 9.28. The number of fused-ring (bicyclic) bond motifs is 1. The Kier molecular flexibility index (Phi) is 3.25. The molecule has 102 valence electrons. The molecule has 0 radical (unpaired) electrons. The van der Waals surface area contributed by atoms with Crippen molar-refractivity contribution < 1.29 is 0 Å². The van der Waals surface area contributed by atoms with Crippen LogP contribution in [0.15, 0.2) is 12.1 Å². The van der Waals surface area contributed by atoms with E-state index < -0.39 is 0 Å². The van der Waals surface area contributed by atoms with Gasteiger partial charge in [0.1, 0.15) is 11.3 Å². The van der Waals surface area contributed by atoms with Gasteiger partial charge in [-0.2, -0.15) is 0 Å². The van der Waals surface area contributed by atoms with E-state index >= 15 is 0 Å². The number of rotatable bonds is 4. The second-order valence-electron chi connectivity index (χ2n) is 5.75. The van der Waals surface area contributed by atoms with Crippen molar-refractivity contribution in [1.82, 2.24) is 14.5 Å². The Morgan fingerprint density at radius 3 is 2.68 bits per heavy atom. The SMILES string of the molecule is CCC1(Cn2c(CCl)nc3ccc(C)nc32)CCC1. The van der Waals surface area contributed by atoms with Gasteiger partial charge in [-0.3, -0.25) is 0 Å². The number of aromatic nitrogens is 3. The fourth-order valence-corrected chi connectivity index (χ4v) is 3.25. The second kappa shape index (κ2) is 4.78. The molecule has 0 unspecified atom stereocenters. The van der Waals surface area contributed by atoms with Crippen molar-refractivity contribution in [1.29, 1.82) is 0 Å². The van der Waals surface area contributed by atoms with E-state index in [4.69, 9.17) is 11.6 Å². The van der Waals surface area contributed by atoms with Crippen molar-refractivity contribution in [3.05, 3.63) is 23.7 Å². The first-order valence-electron chi connectivity index (χ1n) is 7.06. The molecule has 0 atom stereocenters. The minimum absolute atomic E-state index is 0.444. The molecule has 2 aromatic rings. The molecular weight excluding hydrogens is 258 g/mol. The third-order valence-corrected chi connectivity index (χ3v) is 4.83. The van der Waals surface area contributed by atoms with Gasteiger partial charge in [-0.25, -0.2) is 9.97 Å². The number of nitrogens with zero attached hydrogens (tertiary/aromatic N) is 3. The van der Waals surface area contributed by atoms with Crippen LogP contribution in [0.3, 0.4) is 0 Å². The number of aryl methyl sites for hydroxylation is 1. The summed E-state index contributed by atoms with van der Waals surface area (Å²) in [6.45, 7) is 5.33. The third kappa shape index (κ3) is 2.14. The minimum Gasteiger partial charge on any atom is -0.311 e. The van der Waals surface area contributed by atoms with Gasteiger partial charge in [0.2, 0.25) is 0 Å². The lowest BCUT2D eigenvalue weighted by molar-refractivity contribution is 0.101. The largest absolute Gasteiger partial charge is 0.311 e. The highest BCUT2D eigenvalue weighted by Crippen LogP contribution is 2.45. The van der Waals surface area contributed by atoms with Crippen molar-refractivity contribution in [2.45, 2.75) is 52.0 Å². The Labute approximate surface area is 119 Å². The highest BCUT2D eigenvalue weighted by molar-refractivity contribution is 6.16. The first-order chi connectivity index (χ1) is 9.17. The van der Waals surface area contributed by atoms with Crippen LogP contribution in [0.25, 0.3) is 11.2 Å².